The minimum atomic E-state index is -3.62. The number of carbonyl (C=O) groups is 2. The Balaban J connectivity index is 1.83. The molecule has 0 spiro atoms. The van der Waals surface area contributed by atoms with Crippen LogP contribution in [0.1, 0.15) is 22.8 Å². The highest BCUT2D eigenvalue weighted by atomic mass is 32.2. The summed E-state index contributed by atoms with van der Waals surface area (Å²) < 4.78 is 39.9. The largest absolute Gasteiger partial charge is 0.329 e. The van der Waals surface area contributed by atoms with E-state index in [4.69, 9.17) is 0 Å². The van der Waals surface area contributed by atoms with Gasteiger partial charge < -0.3 is 10.2 Å². The number of sulfonamides is 1. The van der Waals surface area contributed by atoms with Gasteiger partial charge in [-0.15, -0.1) is 0 Å². The monoisotopic (exact) mass is 484 g/mol. The molecule has 0 radical (unpaired) electrons. The Morgan fingerprint density at radius 1 is 1.06 bits per heavy atom. The molecular formula is C24H25FN4O4S. The predicted molar refractivity (Wildman–Crippen MR) is 126 cm³/mol. The average molecular weight is 485 g/mol. The zero-order valence-corrected chi connectivity index (χ0v) is 19.5. The number of hydrogen-bond acceptors (Lipinski definition) is 5. The number of halogens is 1. The molecule has 1 atom stereocenters. The van der Waals surface area contributed by atoms with Crippen molar-refractivity contribution in [3.05, 3.63) is 90.0 Å². The molecule has 0 unspecified atom stereocenters. The fourth-order valence-electron chi connectivity index (χ4n) is 3.30. The normalized spacial score (nSPS) is 12.1. The minimum Gasteiger partial charge on any atom is -0.329 e. The minimum absolute atomic E-state index is 0.0721. The third-order valence-electron chi connectivity index (χ3n) is 5.10. The van der Waals surface area contributed by atoms with Crippen LogP contribution in [0, 0.1) is 5.82 Å². The van der Waals surface area contributed by atoms with Crippen molar-refractivity contribution in [2.75, 3.05) is 18.9 Å². The zero-order valence-electron chi connectivity index (χ0n) is 18.7. The number of aromatic nitrogens is 1. The van der Waals surface area contributed by atoms with E-state index < -0.39 is 33.7 Å². The van der Waals surface area contributed by atoms with Crippen LogP contribution in [0.3, 0.4) is 0 Å². The van der Waals surface area contributed by atoms with E-state index in [1.807, 2.05) is 0 Å². The standard InChI is InChI=1S/C24H25FN4O4S/c1-3-27-34(32,33)21-12-10-20(11-13-21)28-23(30)22(15-17-5-4-14-26-16-17)29(2)24(31)18-6-8-19(25)9-7-18/h4-14,16,22,27H,3,15H2,1-2H3,(H,28,30)/t22-/m0/s1. The SMILES string of the molecule is CCNS(=O)(=O)c1ccc(NC(=O)[C@H](Cc2cccnc2)N(C)C(=O)c2ccc(F)cc2)cc1. The summed E-state index contributed by atoms with van der Waals surface area (Å²) in [5, 5.41) is 2.74. The van der Waals surface area contributed by atoms with Crippen LogP contribution >= 0.6 is 0 Å². The molecule has 1 heterocycles. The lowest BCUT2D eigenvalue weighted by molar-refractivity contribution is -0.120. The predicted octanol–water partition coefficient (Wildman–Crippen LogP) is 2.84. The molecule has 3 aromatic rings. The lowest BCUT2D eigenvalue weighted by Crippen LogP contribution is -2.46. The van der Waals surface area contributed by atoms with E-state index in [0.29, 0.717) is 5.69 Å². The first-order valence-electron chi connectivity index (χ1n) is 10.5. The van der Waals surface area contributed by atoms with Crippen LogP contribution in [-0.4, -0.2) is 49.8 Å². The molecule has 8 nitrogen and oxygen atoms in total. The second-order valence-corrected chi connectivity index (χ2v) is 9.29. The molecule has 0 fully saturated rings. The van der Waals surface area contributed by atoms with Crippen LogP contribution in [0.25, 0.3) is 0 Å². The van der Waals surface area contributed by atoms with Gasteiger partial charge in [0.25, 0.3) is 5.91 Å². The van der Waals surface area contributed by atoms with Crippen molar-refractivity contribution in [3.8, 4) is 0 Å². The van der Waals surface area contributed by atoms with Crippen molar-refractivity contribution in [1.29, 1.82) is 0 Å². The summed E-state index contributed by atoms with van der Waals surface area (Å²) in [6, 6.07) is 13.4. The Morgan fingerprint density at radius 3 is 2.32 bits per heavy atom. The Kier molecular flexibility index (Phi) is 8.08. The second kappa shape index (κ2) is 11.0. The van der Waals surface area contributed by atoms with Crippen molar-refractivity contribution in [3.63, 3.8) is 0 Å². The van der Waals surface area contributed by atoms with Gasteiger partial charge in [0.2, 0.25) is 15.9 Å². The van der Waals surface area contributed by atoms with Gasteiger partial charge in [-0.3, -0.25) is 14.6 Å². The van der Waals surface area contributed by atoms with Crippen molar-refractivity contribution in [2.45, 2.75) is 24.3 Å². The first kappa shape index (κ1) is 25.0. The topological polar surface area (TPSA) is 108 Å². The van der Waals surface area contributed by atoms with E-state index in [1.165, 1.54) is 60.5 Å². The molecule has 2 amide bonds. The van der Waals surface area contributed by atoms with Gasteiger partial charge >= 0.3 is 0 Å². The highest BCUT2D eigenvalue weighted by Crippen LogP contribution is 2.17. The molecule has 34 heavy (non-hydrogen) atoms. The fraction of sp³-hybridized carbons (Fsp3) is 0.208. The third kappa shape index (κ3) is 6.24. The molecule has 2 aromatic carbocycles. The number of nitrogens with zero attached hydrogens (tertiary/aromatic N) is 2. The van der Waals surface area contributed by atoms with Gasteiger partial charge in [-0.1, -0.05) is 13.0 Å². The van der Waals surface area contributed by atoms with Crippen LogP contribution in [-0.2, 0) is 21.2 Å². The maximum absolute atomic E-state index is 13.3. The highest BCUT2D eigenvalue weighted by Gasteiger charge is 2.28. The van der Waals surface area contributed by atoms with E-state index in [0.717, 1.165) is 5.56 Å². The summed E-state index contributed by atoms with van der Waals surface area (Å²) in [7, 11) is -2.12. The molecule has 0 aliphatic rings. The van der Waals surface area contributed by atoms with E-state index in [1.54, 1.807) is 31.5 Å². The number of anilines is 1. The van der Waals surface area contributed by atoms with Crippen LogP contribution in [0.2, 0.25) is 0 Å². The van der Waals surface area contributed by atoms with E-state index in [2.05, 4.69) is 15.0 Å². The number of amides is 2. The summed E-state index contributed by atoms with van der Waals surface area (Å²) >= 11 is 0. The third-order valence-corrected chi connectivity index (χ3v) is 6.66. The molecular weight excluding hydrogens is 459 g/mol. The molecule has 1 aromatic heterocycles. The van der Waals surface area contributed by atoms with Gasteiger partial charge in [-0.2, -0.15) is 0 Å². The summed E-state index contributed by atoms with van der Waals surface area (Å²) in [6.07, 6.45) is 3.40. The number of nitrogens with one attached hydrogen (secondary N) is 2. The molecule has 0 aliphatic carbocycles. The van der Waals surface area contributed by atoms with Crippen LogP contribution in [0.4, 0.5) is 10.1 Å². The fourth-order valence-corrected chi connectivity index (χ4v) is 4.34. The number of pyridine rings is 1. The van der Waals surface area contributed by atoms with Gasteiger partial charge in [0.15, 0.2) is 0 Å². The van der Waals surface area contributed by atoms with Crippen molar-refractivity contribution in [2.24, 2.45) is 0 Å². The van der Waals surface area contributed by atoms with E-state index in [9.17, 15) is 22.4 Å². The summed E-state index contributed by atoms with van der Waals surface area (Å²) in [6.45, 7) is 1.93. The molecule has 0 saturated heterocycles. The van der Waals surface area contributed by atoms with Crippen molar-refractivity contribution in [1.82, 2.24) is 14.6 Å². The van der Waals surface area contributed by atoms with Crippen molar-refractivity contribution < 1.29 is 22.4 Å². The molecule has 178 valence electrons. The number of carbonyl (C=O) groups excluding carboxylic acids is 2. The van der Waals surface area contributed by atoms with Crippen molar-refractivity contribution >= 4 is 27.5 Å². The molecule has 2 N–H and O–H groups in total. The first-order chi connectivity index (χ1) is 16.2. The first-order valence-corrected chi connectivity index (χ1v) is 12.0. The van der Waals surface area contributed by atoms with Crippen LogP contribution in [0.5, 0.6) is 0 Å². The van der Waals surface area contributed by atoms with Gasteiger partial charge in [0.05, 0.1) is 4.90 Å². The lowest BCUT2D eigenvalue weighted by atomic mass is 10.0. The summed E-state index contributed by atoms with van der Waals surface area (Å²) in [5.41, 5.74) is 1.36. The quantitative estimate of drug-likeness (QED) is 0.486. The number of rotatable bonds is 9. The Labute approximate surface area is 197 Å². The van der Waals surface area contributed by atoms with Gasteiger partial charge in [0.1, 0.15) is 11.9 Å². The number of hydrogen-bond donors (Lipinski definition) is 2. The molecule has 0 saturated carbocycles. The zero-order chi connectivity index (χ0) is 24.7. The van der Waals surface area contributed by atoms with E-state index in [-0.39, 0.29) is 23.4 Å². The highest BCUT2D eigenvalue weighted by molar-refractivity contribution is 7.89. The van der Waals surface area contributed by atoms with Gasteiger partial charge in [-0.25, -0.2) is 17.5 Å². The van der Waals surface area contributed by atoms with E-state index >= 15 is 0 Å². The van der Waals surface area contributed by atoms with Crippen LogP contribution < -0.4 is 10.0 Å². The summed E-state index contributed by atoms with van der Waals surface area (Å²) in [5.74, 6) is -1.39. The second-order valence-electron chi connectivity index (χ2n) is 7.52. The maximum atomic E-state index is 13.3. The van der Waals surface area contributed by atoms with Gasteiger partial charge in [-0.05, 0) is 60.2 Å². The number of benzene rings is 2. The maximum Gasteiger partial charge on any atom is 0.254 e. The van der Waals surface area contributed by atoms with Gasteiger partial charge in [0, 0.05) is 43.7 Å². The Bertz CT molecular complexity index is 1230. The number of likely N-dealkylation sites (N-methyl/N-ethyl adjacent to an activating group) is 1. The Hall–Kier alpha value is -3.63. The lowest BCUT2D eigenvalue weighted by Gasteiger charge is -2.27. The molecule has 0 aliphatic heterocycles. The smallest absolute Gasteiger partial charge is 0.254 e. The Morgan fingerprint density at radius 2 is 1.74 bits per heavy atom. The average Bonchev–Trinajstić information content (AvgIpc) is 2.83. The molecule has 3 rings (SSSR count). The van der Waals surface area contributed by atoms with Crippen LogP contribution in [0.15, 0.2) is 78.0 Å². The summed E-state index contributed by atoms with van der Waals surface area (Å²) in [4.78, 5) is 31.6. The molecule has 0 bridgehead atoms. The molecule has 10 heteroatoms.